The highest BCUT2D eigenvalue weighted by Crippen LogP contribution is 2.38. The fraction of sp³-hybridized carbons (Fsp3) is 0.845. The Morgan fingerprint density at radius 2 is 1.23 bits per heavy atom. The number of ether oxygens (including phenoxy) is 7. The molecule has 0 unspecified atom stereocenters. The molecule has 0 spiro atoms. The van der Waals surface area contributed by atoms with Crippen molar-refractivity contribution in [2.75, 3.05) is 33.0 Å². The van der Waals surface area contributed by atoms with Gasteiger partial charge in [0.05, 0.1) is 56.9 Å². The number of nitrogens with one attached hydrogen (secondary N) is 2. The Labute approximate surface area is 502 Å². The first-order chi connectivity index (χ1) is 41.1. The van der Waals surface area contributed by atoms with E-state index in [1.54, 1.807) is 0 Å². The van der Waals surface area contributed by atoms with Gasteiger partial charge in [-0.1, -0.05) is 114 Å². The molecule has 28 heteroatoms. The molecule has 86 heavy (non-hydrogen) atoms. The maximum absolute atomic E-state index is 13.1. The molecule has 3 fully saturated rings. The molecule has 3 saturated heterocycles. The molecule has 0 aromatic heterocycles. The Morgan fingerprint density at radius 1 is 0.686 bits per heavy atom. The Bertz CT molecular complexity index is 2130. The number of oxime groups is 1. The normalized spacial score (nSPS) is 29.7. The van der Waals surface area contributed by atoms with Gasteiger partial charge < -0.3 is 115 Å². The lowest BCUT2D eigenvalue weighted by molar-refractivity contribution is -0.380. The van der Waals surface area contributed by atoms with E-state index in [9.17, 15) is 85.6 Å². The largest absolute Gasteiger partial charge is 0.477 e. The van der Waals surface area contributed by atoms with Crippen molar-refractivity contribution in [1.82, 2.24) is 10.6 Å². The summed E-state index contributed by atoms with van der Waals surface area (Å²) in [5.41, 5.74) is 0. The van der Waals surface area contributed by atoms with Crippen LogP contribution in [0.5, 0.6) is 0 Å². The fourth-order valence-electron chi connectivity index (χ4n) is 10.0. The highest BCUT2D eigenvalue weighted by Gasteiger charge is 2.60. The van der Waals surface area contributed by atoms with Crippen LogP contribution >= 0.6 is 0 Å². The van der Waals surface area contributed by atoms with Crippen LogP contribution in [0.2, 0.25) is 0 Å². The zero-order valence-corrected chi connectivity index (χ0v) is 49.9. The molecule has 3 aliphatic heterocycles. The van der Waals surface area contributed by atoms with Crippen LogP contribution in [0.4, 0.5) is 0 Å². The summed E-state index contributed by atoms with van der Waals surface area (Å²) < 4.78 is 40.0. The molecule has 0 bridgehead atoms. The number of aliphatic hydroxyl groups is 12. The first-order valence-corrected chi connectivity index (χ1v) is 30.0. The second-order valence-corrected chi connectivity index (χ2v) is 22.0. The van der Waals surface area contributed by atoms with Crippen LogP contribution in [0.3, 0.4) is 0 Å². The quantitative estimate of drug-likeness (QED) is 0.0108. The van der Waals surface area contributed by atoms with Gasteiger partial charge in [0.1, 0.15) is 79.4 Å². The smallest absolute Gasteiger partial charge is 0.364 e. The molecule has 3 aliphatic rings. The molecule has 0 aromatic rings. The van der Waals surface area contributed by atoms with Crippen LogP contribution < -0.4 is 10.6 Å². The number of unbranched alkanes of at least 4 members (excludes halogenated alkanes) is 17. The summed E-state index contributed by atoms with van der Waals surface area (Å²) in [6, 6.07) is -3.39. The Balaban J connectivity index is 1.69. The van der Waals surface area contributed by atoms with Gasteiger partial charge in [-0.15, -0.1) is 0 Å². The minimum Gasteiger partial charge on any atom is -0.477 e. The number of rotatable bonds is 40. The molecule has 15 N–H and O–H groups in total. The third-order valence-electron chi connectivity index (χ3n) is 14.9. The summed E-state index contributed by atoms with van der Waals surface area (Å²) in [4.78, 5) is 55.8. The summed E-state index contributed by atoms with van der Waals surface area (Å²) >= 11 is 0. The average Bonchev–Trinajstić information content (AvgIpc) is 2.62. The molecule has 28 nitrogen and oxygen atoms in total. The molecular weight excluding hydrogens is 1140 g/mol. The first-order valence-electron chi connectivity index (χ1n) is 30.0. The van der Waals surface area contributed by atoms with Gasteiger partial charge in [-0.25, -0.2) is 9.59 Å². The molecule has 2 amide bonds. The van der Waals surface area contributed by atoms with Crippen LogP contribution in [0, 0.1) is 23.7 Å². The maximum atomic E-state index is 13.1. The number of carbonyl (C=O) groups excluding carboxylic acids is 3. The fourth-order valence-corrected chi connectivity index (χ4v) is 10.0. The SMILES string of the molecule is CCCCCCCCCCCC#CC#CCCCCCCCCCCOC(=O)CO/N=C/[C@H](NC(C)=O)[C@@H](O[C@@H]1O[C@@H](C)[C@@H](O)[C@@H](O)[C@@H]1O)[C@H](O[C@@H]1O[C@H](CO)[C@H](O)[C@H](O[C@]2(C(=O)O)C[C@H](O)[C@@H](NC(C)=O)[C@H]([C@H](O)[C@H](O)CO)O2)[C@H]1O)[C@H](O)CO. The minimum atomic E-state index is -3.20. The van der Waals surface area contributed by atoms with E-state index in [-0.39, 0.29) is 6.61 Å². The maximum Gasteiger partial charge on any atom is 0.364 e. The lowest BCUT2D eigenvalue weighted by atomic mass is 9.88. The molecule has 3 rings (SSSR count). The predicted octanol–water partition coefficient (Wildman–Crippen LogP) is -1.60. The molecule has 0 aromatic carbocycles. The van der Waals surface area contributed by atoms with Gasteiger partial charge in [-0.05, 0) is 38.0 Å². The van der Waals surface area contributed by atoms with Crippen molar-refractivity contribution in [2.24, 2.45) is 5.16 Å². The van der Waals surface area contributed by atoms with Crippen molar-refractivity contribution in [3.05, 3.63) is 0 Å². The predicted molar refractivity (Wildman–Crippen MR) is 302 cm³/mol. The van der Waals surface area contributed by atoms with Crippen molar-refractivity contribution < 1.29 is 124 Å². The second-order valence-electron chi connectivity index (χ2n) is 22.0. The van der Waals surface area contributed by atoms with Crippen molar-refractivity contribution in [3.63, 3.8) is 0 Å². The van der Waals surface area contributed by atoms with E-state index in [4.69, 9.17) is 38.0 Å². The summed E-state index contributed by atoms with van der Waals surface area (Å²) in [6.07, 6.45) is -14.3. The van der Waals surface area contributed by atoms with Crippen LogP contribution in [0.1, 0.15) is 156 Å². The third kappa shape index (κ3) is 25.3. The Hall–Kier alpha value is -4.25. The topological polar surface area (TPSA) is 442 Å². The van der Waals surface area contributed by atoms with Crippen LogP contribution in [-0.2, 0) is 57.2 Å². The summed E-state index contributed by atoms with van der Waals surface area (Å²) in [6.45, 7) is 1.41. The zero-order valence-electron chi connectivity index (χ0n) is 49.9. The summed E-state index contributed by atoms with van der Waals surface area (Å²) in [7, 11) is 0. The second kappa shape index (κ2) is 41.1. The number of hydrogen-bond acceptors (Lipinski definition) is 25. The van der Waals surface area contributed by atoms with E-state index in [0.29, 0.717) is 6.42 Å². The third-order valence-corrected chi connectivity index (χ3v) is 14.9. The number of esters is 1. The van der Waals surface area contributed by atoms with E-state index in [0.717, 1.165) is 84.3 Å². The van der Waals surface area contributed by atoms with Crippen molar-refractivity contribution in [3.8, 4) is 23.7 Å². The molecular formula is C58H97N3O25. The Morgan fingerprint density at radius 3 is 1.77 bits per heavy atom. The van der Waals surface area contributed by atoms with E-state index < -0.39 is 179 Å². The van der Waals surface area contributed by atoms with Crippen molar-refractivity contribution in [2.45, 2.75) is 278 Å². The number of carboxylic acid groups (broad SMARTS) is 1. The van der Waals surface area contributed by atoms with E-state index in [1.165, 1.54) is 58.3 Å². The molecule has 3 heterocycles. The van der Waals surface area contributed by atoms with E-state index in [2.05, 4.69) is 46.4 Å². The standard InChI is InChI=1S/C58H97N3O25/c1-5-6-7-8-9-10-11-12-13-14-15-16-17-18-19-20-21-22-23-24-25-26-27-28-79-43(70)34-80-59-30-38(60-36(3)65)51(83-55-49(75)48(74)45(71)35(2)81-55)52(41(69)32-63)84-56-50(76)54(47(73)42(33-64)82-56)86-58(57(77)78)29-39(67)44(61-37(4)66)53(85-58)46(72)40(68)31-62/h30,35,38-42,44-56,62-64,67-69,71-76H,5-14,19-29,31-34H2,1-4H3,(H,60,65)(H,61,66)(H,77,78)/b59-30+/t35-,38-,39-,40+,41+,42+,44+,45+,46+,47-,48+,49-,50+,51+,52+,53+,54-,55-,56-,58-/m0/s1. The first kappa shape index (κ1) is 76.0. The lowest BCUT2D eigenvalue weighted by Gasteiger charge is -2.50. The highest BCUT2D eigenvalue weighted by molar-refractivity contribution is 5.79. The summed E-state index contributed by atoms with van der Waals surface area (Å²) in [5.74, 6) is 4.50. The number of hydrogen-bond donors (Lipinski definition) is 15. The van der Waals surface area contributed by atoms with Gasteiger partial charge in [0, 0.05) is 33.1 Å². The van der Waals surface area contributed by atoms with Gasteiger partial charge >= 0.3 is 11.9 Å². The van der Waals surface area contributed by atoms with Gasteiger partial charge in [0.15, 0.2) is 12.6 Å². The molecule has 0 aliphatic carbocycles. The molecule has 0 saturated carbocycles. The van der Waals surface area contributed by atoms with Crippen molar-refractivity contribution in [1.29, 1.82) is 0 Å². The van der Waals surface area contributed by atoms with Gasteiger partial charge in [-0.2, -0.15) is 0 Å². The Kier molecular flexibility index (Phi) is 36.3. The average molecular weight is 1240 g/mol. The van der Waals surface area contributed by atoms with Crippen LogP contribution in [-0.4, -0.2) is 251 Å². The number of carboxylic acids is 1. The number of aliphatic hydroxyl groups excluding tert-OH is 12. The van der Waals surface area contributed by atoms with Crippen molar-refractivity contribution >= 4 is 30.0 Å². The number of aliphatic carboxylic acids is 1. The monoisotopic (exact) mass is 1240 g/mol. The summed E-state index contributed by atoms with van der Waals surface area (Å²) in [5, 5.41) is 149. The van der Waals surface area contributed by atoms with E-state index >= 15 is 0 Å². The molecule has 20 atom stereocenters. The van der Waals surface area contributed by atoms with E-state index in [1.807, 2.05) is 0 Å². The van der Waals surface area contributed by atoms with Gasteiger partial charge in [0.25, 0.3) is 5.79 Å². The zero-order chi connectivity index (χ0) is 63.8. The van der Waals surface area contributed by atoms with Gasteiger partial charge in [-0.3, -0.25) is 9.59 Å². The number of amides is 2. The molecule has 0 radical (unpaired) electrons. The minimum absolute atomic E-state index is 0.0801. The highest BCUT2D eigenvalue weighted by atomic mass is 16.8. The molecule has 494 valence electrons. The van der Waals surface area contributed by atoms with Crippen LogP contribution in [0.15, 0.2) is 5.16 Å². The lowest BCUT2D eigenvalue weighted by Crippen LogP contribution is -2.70. The number of carbonyl (C=O) groups is 4. The number of nitrogens with zero attached hydrogens (tertiary/aromatic N) is 1. The van der Waals surface area contributed by atoms with Crippen LogP contribution in [0.25, 0.3) is 0 Å². The van der Waals surface area contributed by atoms with Gasteiger partial charge in [0.2, 0.25) is 18.4 Å².